The molecule has 0 aromatic heterocycles. The van der Waals surface area contributed by atoms with E-state index in [1.165, 1.54) is 13.1 Å². The van der Waals surface area contributed by atoms with E-state index in [1.807, 2.05) is 0 Å². The third kappa shape index (κ3) is 2.29. The Bertz CT molecular complexity index is 135. The van der Waals surface area contributed by atoms with Crippen LogP contribution in [0.3, 0.4) is 0 Å². The van der Waals surface area contributed by atoms with Crippen LogP contribution in [0.25, 0.3) is 0 Å². The third-order valence-electron chi connectivity index (χ3n) is 0.678. The minimum Gasteiger partial charge on any atom is -0.259 e. The van der Waals surface area contributed by atoms with Crippen molar-refractivity contribution in [1.29, 1.82) is 0 Å². The summed E-state index contributed by atoms with van der Waals surface area (Å²) in [4.78, 5) is 3.53. The van der Waals surface area contributed by atoms with Crippen molar-refractivity contribution >= 4 is 5.71 Å². The van der Waals surface area contributed by atoms with Crippen LogP contribution in [-0.4, -0.2) is 5.71 Å². The number of halogens is 1. The van der Waals surface area contributed by atoms with E-state index in [2.05, 4.69) is 18.2 Å². The largest absolute Gasteiger partial charge is 0.259 e. The van der Waals surface area contributed by atoms with Crippen LogP contribution in [0.2, 0.25) is 0 Å². The quantitative estimate of drug-likeness (QED) is 0.486. The minimum atomic E-state index is -0.509. The maximum Gasteiger partial charge on any atom is 0.137 e. The van der Waals surface area contributed by atoms with E-state index in [0.717, 1.165) is 0 Å². The van der Waals surface area contributed by atoms with Gasteiger partial charge in [0.05, 0.1) is 5.71 Å². The Kier molecular flexibility index (Phi) is 2.77. The molecule has 1 nitrogen and oxygen atoms in total. The fourth-order valence-corrected chi connectivity index (χ4v) is 0.207. The van der Waals surface area contributed by atoms with E-state index in [0.29, 0.717) is 0 Å². The van der Waals surface area contributed by atoms with Crippen LogP contribution >= 0.6 is 0 Å². The van der Waals surface area contributed by atoms with Crippen molar-refractivity contribution < 1.29 is 4.39 Å². The van der Waals surface area contributed by atoms with Crippen molar-refractivity contribution in [3.63, 3.8) is 0 Å². The average Bonchev–Trinajstić information content (AvgIpc) is 1.67. The van der Waals surface area contributed by atoms with Gasteiger partial charge in [0.2, 0.25) is 0 Å². The van der Waals surface area contributed by atoms with Gasteiger partial charge >= 0.3 is 0 Å². The second-order valence-electron chi connectivity index (χ2n) is 1.30. The highest BCUT2D eigenvalue weighted by Crippen LogP contribution is 1.94. The smallest absolute Gasteiger partial charge is 0.137 e. The van der Waals surface area contributed by atoms with Crippen LogP contribution < -0.4 is 0 Å². The first-order chi connectivity index (χ1) is 3.68. The first-order valence-corrected chi connectivity index (χ1v) is 2.18. The molecule has 0 aliphatic rings. The fourth-order valence-electron chi connectivity index (χ4n) is 0.207. The Balaban J connectivity index is 3.99. The van der Waals surface area contributed by atoms with Gasteiger partial charge in [-0.05, 0) is 6.92 Å². The monoisotopic (exact) mass is 113 g/mol. The van der Waals surface area contributed by atoms with Crippen molar-refractivity contribution in [3.8, 4) is 0 Å². The van der Waals surface area contributed by atoms with Gasteiger partial charge in [-0.1, -0.05) is 13.2 Å². The summed E-state index contributed by atoms with van der Waals surface area (Å²) >= 11 is 0. The van der Waals surface area contributed by atoms with Crippen LogP contribution in [-0.2, 0) is 0 Å². The van der Waals surface area contributed by atoms with Gasteiger partial charge < -0.3 is 0 Å². The molecule has 8 heavy (non-hydrogen) atoms. The van der Waals surface area contributed by atoms with E-state index >= 15 is 0 Å². The summed E-state index contributed by atoms with van der Waals surface area (Å²) in [5.74, 6) is -0.509. The minimum absolute atomic E-state index is 0.278. The highest BCUT2D eigenvalue weighted by molar-refractivity contribution is 5.95. The van der Waals surface area contributed by atoms with E-state index in [4.69, 9.17) is 0 Å². The molecule has 0 bridgehead atoms. The molecule has 2 heteroatoms. The predicted molar refractivity (Wildman–Crippen MR) is 33.6 cm³/mol. The second kappa shape index (κ2) is 3.13. The van der Waals surface area contributed by atoms with Gasteiger partial charge in [-0.25, -0.2) is 4.39 Å². The summed E-state index contributed by atoms with van der Waals surface area (Å²) in [6.07, 6.45) is 1.28. The first kappa shape index (κ1) is 7.08. The van der Waals surface area contributed by atoms with Crippen LogP contribution in [0.4, 0.5) is 4.39 Å². The Hall–Kier alpha value is -0.920. The highest BCUT2D eigenvalue weighted by Gasteiger charge is 1.90. The van der Waals surface area contributed by atoms with Gasteiger partial charge in [-0.2, -0.15) is 0 Å². The van der Waals surface area contributed by atoms with Gasteiger partial charge in [-0.3, -0.25) is 4.99 Å². The molecule has 0 saturated carbocycles. The molecule has 0 amide bonds. The summed E-state index contributed by atoms with van der Waals surface area (Å²) in [7, 11) is 0. The van der Waals surface area contributed by atoms with E-state index < -0.39 is 5.83 Å². The van der Waals surface area contributed by atoms with Crippen molar-refractivity contribution in [2.45, 2.75) is 6.92 Å². The first-order valence-electron chi connectivity index (χ1n) is 2.18. The maximum absolute atomic E-state index is 11.9. The highest BCUT2D eigenvalue weighted by atomic mass is 19.1. The molecule has 0 rings (SSSR count). The maximum atomic E-state index is 11.9. The average molecular weight is 113 g/mol. The van der Waals surface area contributed by atoms with Crippen LogP contribution in [0.1, 0.15) is 6.92 Å². The van der Waals surface area contributed by atoms with E-state index in [1.54, 1.807) is 0 Å². The van der Waals surface area contributed by atoms with Crippen LogP contribution in [0.15, 0.2) is 30.2 Å². The number of aliphatic imine (C=N–C) groups is 1. The standard InChI is InChI=1S/C6H8FN/c1-4-8-6(3)5(2)7/h4H,1-2H2,3H3. The second-order valence-corrected chi connectivity index (χ2v) is 1.30. The zero-order valence-electron chi connectivity index (χ0n) is 4.82. The van der Waals surface area contributed by atoms with Gasteiger partial charge in [0.15, 0.2) is 0 Å². The van der Waals surface area contributed by atoms with Crippen molar-refractivity contribution in [1.82, 2.24) is 0 Å². The zero-order valence-corrected chi connectivity index (χ0v) is 4.82. The molecule has 0 saturated heterocycles. The normalized spacial score (nSPS) is 11.0. The van der Waals surface area contributed by atoms with Crippen LogP contribution in [0.5, 0.6) is 0 Å². The molecule has 0 unspecified atom stereocenters. The third-order valence-corrected chi connectivity index (χ3v) is 0.678. The SMILES string of the molecule is C=CN=C(C)C(=C)F. The molecule has 0 aromatic carbocycles. The van der Waals surface area contributed by atoms with Gasteiger partial charge in [-0.15, -0.1) is 0 Å². The molecule has 0 aliphatic heterocycles. The molecule has 0 aliphatic carbocycles. The molecular weight excluding hydrogens is 105 g/mol. The lowest BCUT2D eigenvalue weighted by atomic mass is 10.4. The summed E-state index contributed by atoms with van der Waals surface area (Å²) in [5.41, 5.74) is 0.278. The summed E-state index contributed by atoms with van der Waals surface area (Å²) in [6, 6.07) is 0. The van der Waals surface area contributed by atoms with Gasteiger partial charge in [0, 0.05) is 6.20 Å². The lowest BCUT2D eigenvalue weighted by Gasteiger charge is -1.87. The zero-order chi connectivity index (χ0) is 6.57. The summed E-state index contributed by atoms with van der Waals surface area (Å²) in [5, 5.41) is 0. The Morgan fingerprint density at radius 3 is 2.38 bits per heavy atom. The molecule has 0 atom stereocenters. The van der Waals surface area contributed by atoms with E-state index in [-0.39, 0.29) is 5.71 Å². The van der Waals surface area contributed by atoms with Crippen LogP contribution in [0, 0.1) is 0 Å². The summed E-state index contributed by atoms with van der Waals surface area (Å²) in [6.45, 7) is 7.85. The molecule has 0 aromatic rings. The Morgan fingerprint density at radius 1 is 1.75 bits per heavy atom. The molecule has 44 valence electrons. The van der Waals surface area contributed by atoms with Gasteiger partial charge in [0.1, 0.15) is 5.83 Å². The Morgan fingerprint density at radius 2 is 2.25 bits per heavy atom. The topological polar surface area (TPSA) is 12.4 Å². The lowest BCUT2D eigenvalue weighted by Crippen LogP contribution is -1.86. The molecule has 0 heterocycles. The molecule has 0 spiro atoms. The molecular formula is C6H8FN. The number of allylic oxidation sites excluding steroid dienone is 1. The molecule has 0 fully saturated rings. The van der Waals surface area contributed by atoms with Crippen molar-refractivity contribution in [3.05, 3.63) is 25.2 Å². The number of hydrogen-bond acceptors (Lipinski definition) is 1. The van der Waals surface area contributed by atoms with E-state index in [9.17, 15) is 4.39 Å². The van der Waals surface area contributed by atoms with Crippen molar-refractivity contribution in [2.24, 2.45) is 4.99 Å². The fraction of sp³-hybridized carbons (Fsp3) is 0.167. The number of rotatable bonds is 2. The Labute approximate surface area is 48.2 Å². The molecule has 0 N–H and O–H groups in total. The predicted octanol–water partition coefficient (Wildman–Crippen LogP) is 2.07. The summed E-state index contributed by atoms with van der Waals surface area (Å²) < 4.78 is 11.9. The number of hydrogen-bond donors (Lipinski definition) is 0. The number of nitrogens with zero attached hydrogens (tertiary/aromatic N) is 1. The molecule has 0 radical (unpaired) electrons. The van der Waals surface area contributed by atoms with Crippen molar-refractivity contribution in [2.75, 3.05) is 0 Å². The lowest BCUT2D eigenvalue weighted by molar-refractivity contribution is 0.684. The van der Waals surface area contributed by atoms with Gasteiger partial charge in [0.25, 0.3) is 0 Å².